The minimum absolute atomic E-state index is 0.00383. The molecule has 0 aromatic heterocycles. The molecule has 0 bridgehead atoms. The summed E-state index contributed by atoms with van der Waals surface area (Å²) in [6, 6.07) is 4.40. The molecule has 7 heteroatoms. The molecule has 1 aromatic rings. The second-order valence-electron chi connectivity index (χ2n) is 6.07. The van der Waals surface area contributed by atoms with Gasteiger partial charge >= 0.3 is 12.0 Å². The maximum atomic E-state index is 12.3. The first-order valence-electron chi connectivity index (χ1n) is 8.73. The van der Waals surface area contributed by atoms with Gasteiger partial charge in [0.1, 0.15) is 0 Å². The number of hydrogen-bond donors (Lipinski definition) is 2. The Hall–Kier alpha value is -2.70. The monoisotopic (exact) mass is 362 g/mol. The zero-order valence-corrected chi connectivity index (χ0v) is 15.8. The highest BCUT2D eigenvalue weighted by Crippen LogP contribution is 2.35. The Labute approximate surface area is 153 Å². The van der Waals surface area contributed by atoms with Crippen LogP contribution in [0.3, 0.4) is 0 Å². The van der Waals surface area contributed by atoms with Gasteiger partial charge in [-0.2, -0.15) is 0 Å². The number of urea groups is 1. The minimum Gasteiger partial charge on any atom is -0.490 e. The highest BCUT2D eigenvalue weighted by atomic mass is 16.5. The van der Waals surface area contributed by atoms with Crippen LogP contribution in [0.4, 0.5) is 4.79 Å². The molecule has 1 aliphatic heterocycles. The number of esters is 1. The molecule has 0 aliphatic carbocycles. The van der Waals surface area contributed by atoms with E-state index in [4.69, 9.17) is 14.2 Å². The zero-order valence-electron chi connectivity index (χ0n) is 15.8. The Morgan fingerprint density at radius 2 is 1.96 bits per heavy atom. The lowest BCUT2D eigenvalue weighted by Crippen LogP contribution is -2.45. The fourth-order valence-corrected chi connectivity index (χ4v) is 2.82. The molecular formula is C19H26N2O5. The number of methoxy groups -OCH3 is 1. The SMILES string of the molecule is CCOc1cc(C2NC(=O)NC(CC)=C2C(=O)OC)ccc1OC(C)C. The van der Waals surface area contributed by atoms with Gasteiger partial charge in [-0.3, -0.25) is 0 Å². The minimum atomic E-state index is -0.626. The van der Waals surface area contributed by atoms with E-state index in [0.717, 1.165) is 0 Å². The largest absolute Gasteiger partial charge is 0.490 e. The molecule has 142 valence electrons. The molecular weight excluding hydrogens is 336 g/mol. The average molecular weight is 362 g/mol. The van der Waals surface area contributed by atoms with Crippen LogP contribution < -0.4 is 20.1 Å². The van der Waals surface area contributed by atoms with Crippen LogP contribution >= 0.6 is 0 Å². The number of hydrogen-bond acceptors (Lipinski definition) is 5. The number of rotatable bonds is 7. The van der Waals surface area contributed by atoms with E-state index in [1.165, 1.54) is 7.11 Å². The summed E-state index contributed by atoms with van der Waals surface area (Å²) in [5.74, 6) is 0.693. The van der Waals surface area contributed by atoms with Gasteiger partial charge in [0.25, 0.3) is 0 Å². The van der Waals surface area contributed by atoms with Crippen molar-refractivity contribution < 1.29 is 23.8 Å². The van der Waals surface area contributed by atoms with Crippen molar-refractivity contribution in [2.45, 2.75) is 46.3 Å². The van der Waals surface area contributed by atoms with Gasteiger partial charge in [-0.25, -0.2) is 9.59 Å². The second kappa shape index (κ2) is 8.60. The third-order valence-electron chi connectivity index (χ3n) is 3.88. The van der Waals surface area contributed by atoms with E-state index in [1.807, 2.05) is 33.8 Å². The van der Waals surface area contributed by atoms with Gasteiger partial charge in [0.15, 0.2) is 11.5 Å². The number of allylic oxidation sites excluding steroid dienone is 1. The van der Waals surface area contributed by atoms with Gasteiger partial charge in [-0.15, -0.1) is 0 Å². The van der Waals surface area contributed by atoms with Crippen LogP contribution in [0.1, 0.15) is 45.7 Å². The van der Waals surface area contributed by atoms with E-state index >= 15 is 0 Å². The lowest BCUT2D eigenvalue weighted by Gasteiger charge is -2.29. The van der Waals surface area contributed by atoms with Gasteiger partial charge < -0.3 is 24.8 Å². The molecule has 1 unspecified atom stereocenters. The molecule has 7 nitrogen and oxygen atoms in total. The number of ether oxygens (including phenoxy) is 3. The van der Waals surface area contributed by atoms with Gasteiger partial charge in [0.05, 0.1) is 31.4 Å². The highest BCUT2D eigenvalue weighted by molar-refractivity contribution is 5.95. The summed E-state index contributed by atoms with van der Waals surface area (Å²) >= 11 is 0. The van der Waals surface area contributed by atoms with Crippen molar-refractivity contribution >= 4 is 12.0 Å². The summed E-state index contributed by atoms with van der Waals surface area (Å²) in [5, 5.41) is 5.47. The Morgan fingerprint density at radius 3 is 2.54 bits per heavy atom. The Balaban J connectivity index is 2.51. The van der Waals surface area contributed by atoms with Crippen LogP contribution in [0.25, 0.3) is 0 Å². The summed E-state index contributed by atoms with van der Waals surface area (Å²) in [5.41, 5.74) is 1.64. The third kappa shape index (κ3) is 4.28. The van der Waals surface area contributed by atoms with Crippen LogP contribution in [0.15, 0.2) is 29.5 Å². The predicted molar refractivity (Wildman–Crippen MR) is 97.1 cm³/mol. The highest BCUT2D eigenvalue weighted by Gasteiger charge is 2.33. The van der Waals surface area contributed by atoms with E-state index in [-0.39, 0.29) is 12.1 Å². The number of nitrogens with one attached hydrogen (secondary N) is 2. The maximum Gasteiger partial charge on any atom is 0.337 e. The normalized spacial score (nSPS) is 16.8. The lowest BCUT2D eigenvalue weighted by atomic mass is 9.94. The summed E-state index contributed by atoms with van der Waals surface area (Å²) in [4.78, 5) is 24.4. The molecule has 1 aliphatic rings. The van der Waals surface area contributed by atoms with Crippen LogP contribution in [0, 0.1) is 0 Å². The van der Waals surface area contributed by atoms with Gasteiger partial charge in [-0.05, 0) is 44.9 Å². The van der Waals surface area contributed by atoms with Crippen LogP contribution in [0.5, 0.6) is 11.5 Å². The van der Waals surface area contributed by atoms with Crippen molar-refractivity contribution in [1.29, 1.82) is 0 Å². The molecule has 2 N–H and O–H groups in total. The van der Waals surface area contributed by atoms with E-state index in [2.05, 4.69) is 10.6 Å². The molecule has 0 saturated heterocycles. The molecule has 1 heterocycles. The standard InChI is InChI=1S/C19H26N2O5/c1-6-13-16(18(22)24-5)17(21-19(23)20-13)12-8-9-14(26-11(3)4)15(10-12)25-7-2/h8-11,17H,6-7H2,1-5H3,(H2,20,21,23). The zero-order chi connectivity index (χ0) is 19.3. The fraction of sp³-hybridized carbons (Fsp3) is 0.474. The second-order valence-corrected chi connectivity index (χ2v) is 6.07. The first-order chi connectivity index (χ1) is 12.4. The van der Waals surface area contributed by atoms with E-state index in [0.29, 0.717) is 41.4 Å². The molecule has 0 radical (unpaired) electrons. The summed E-state index contributed by atoms with van der Waals surface area (Å²) in [7, 11) is 1.32. The van der Waals surface area contributed by atoms with Gasteiger partial charge in [0.2, 0.25) is 0 Å². The molecule has 1 atom stereocenters. The summed E-state index contributed by atoms with van der Waals surface area (Å²) in [6.07, 6.45) is 0.497. The van der Waals surface area contributed by atoms with Crippen molar-refractivity contribution in [3.63, 3.8) is 0 Å². The first kappa shape index (κ1) is 19.6. The first-order valence-corrected chi connectivity index (χ1v) is 8.73. The van der Waals surface area contributed by atoms with Crippen molar-refractivity contribution in [3.05, 3.63) is 35.0 Å². The smallest absolute Gasteiger partial charge is 0.337 e. The lowest BCUT2D eigenvalue weighted by molar-refractivity contribution is -0.136. The van der Waals surface area contributed by atoms with Crippen molar-refractivity contribution in [2.75, 3.05) is 13.7 Å². The third-order valence-corrected chi connectivity index (χ3v) is 3.88. The fourth-order valence-electron chi connectivity index (χ4n) is 2.82. The van der Waals surface area contributed by atoms with Crippen molar-refractivity contribution in [3.8, 4) is 11.5 Å². The summed E-state index contributed by atoms with van der Waals surface area (Å²) < 4.78 is 16.4. The van der Waals surface area contributed by atoms with Crippen LogP contribution in [-0.2, 0) is 9.53 Å². The Morgan fingerprint density at radius 1 is 1.23 bits per heavy atom. The molecule has 1 aromatic carbocycles. The Kier molecular flexibility index (Phi) is 6.49. The molecule has 26 heavy (non-hydrogen) atoms. The Bertz CT molecular complexity index is 712. The van der Waals surface area contributed by atoms with Crippen LogP contribution in [0.2, 0.25) is 0 Å². The molecule has 2 amide bonds. The average Bonchev–Trinajstić information content (AvgIpc) is 2.61. The van der Waals surface area contributed by atoms with Gasteiger partial charge in [0, 0.05) is 5.70 Å². The summed E-state index contributed by atoms with van der Waals surface area (Å²) in [6.45, 7) is 8.08. The van der Waals surface area contributed by atoms with E-state index in [1.54, 1.807) is 12.1 Å². The molecule has 0 saturated carbocycles. The topological polar surface area (TPSA) is 85.9 Å². The molecule has 0 spiro atoms. The van der Waals surface area contributed by atoms with Crippen LogP contribution in [-0.4, -0.2) is 31.8 Å². The maximum absolute atomic E-state index is 12.3. The van der Waals surface area contributed by atoms with E-state index in [9.17, 15) is 9.59 Å². The number of carbonyl (C=O) groups excluding carboxylic acids is 2. The quantitative estimate of drug-likeness (QED) is 0.728. The number of amides is 2. The van der Waals surface area contributed by atoms with E-state index < -0.39 is 12.0 Å². The predicted octanol–water partition coefficient (Wildman–Crippen LogP) is 3.06. The van der Waals surface area contributed by atoms with Crippen molar-refractivity contribution in [2.24, 2.45) is 0 Å². The van der Waals surface area contributed by atoms with Crippen molar-refractivity contribution in [1.82, 2.24) is 10.6 Å². The molecule has 0 fully saturated rings. The number of carbonyl (C=O) groups is 2. The molecule has 2 rings (SSSR count). The number of benzene rings is 1. The van der Waals surface area contributed by atoms with Gasteiger partial charge in [-0.1, -0.05) is 13.0 Å².